The minimum atomic E-state index is -0.0279. The number of nitrogen functional groups attached to an aromatic ring is 1. The van der Waals surface area contributed by atoms with Crippen molar-refractivity contribution in [3.05, 3.63) is 71.5 Å². The normalized spacial score (nSPS) is 16.6. The summed E-state index contributed by atoms with van der Waals surface area (Å²) >= 11 is 0. The summed E-state index contributed by atoms with van der Waals surface area (Å²) in [7, 11) is 1.65. The van der Waals surface area contributed by atoms with Crippen LogP contribution in [0.5, 0.6) is 5.88 Å². The van der Waals surface area contributed by atoms with Gasteiger partial charge in [0.15, 0.2) is 0 Å². The fraction of sp³-hybridized carbons (Fsp3) is 0.432. The van der Waals surface area contributed by atoms with Gasteiger partial charge in [-0.25, -0.2) is 15.0 Å². The highest BCUT2D eigenvalue weighted by Crippen LogP contribution is 2.25. The minimum Gasteiger partial charge on any atom is -0.475 e. The Bertz CT molecular complexity index is 1670. The second-order valence-electron chi connectivity index (χ2n) is 12.6. The van der Waals surface area contributed by atoms with Crippen LogP contribution in [0, 0.1) is 11.3 Å². The van der Waals surface area contributed by atoms with E-state index in [0.29, 0.717) is 41.0 Å². The van der Waals surface area contributed by atoms with E-state index in [1.807, 2.05) is 45.0 Å². The lowest BCUT2D eigenvalue weighted by Crippen LogP contribution is -2.45. The van der Waals surface area contributed by atoms with Crippen LogP contribution in [0.1, 0.15) is 50.9 Å². The van der Waals surface area contributed by atoms with Crippen LogP contribution < -0.4 is 26.0 Å². The van der Waals surface area contributed by atoms with E-state index in [1.165, 1.54) is 6.34 Å². The molecule has 272 valence electrons. The molecule has 1 aromatic carbocycles. The van der Waals surface area contributed by atoms with Crippen LogP contribution in [-0.4, -0.2) is 115 Å². The summed E-state index contributed by atoms with van der Waals surface area (Å²) in [6.07, 6.45) is 4.80. The molecule has 2 aliphatic heterocycles. The maximum absolute atomic E-state index is 13.2. The molecule has 2 aliphatic rings. The number of nitrogens with one attached hydrogen (secondary N) is 1. The van der Waals surface area contributed by atoms with Crippen LogP contribution in [-0.2, 0) is 9.59 Å². The molecule has 3 aromatic rings. The molecular formula is C37H51N11O3. The van der Waals surface area contributed by atoms with E-state index < -0.39 is 0 Å². The maximum Gasteiger partial charge on any atom is 0.232 e. The highest BCUT2D eigenvalue weighted by molar-refractivity contribution is 6.12. The van der Waals surface area contributed by atoms with Gasteiger partial charge in [-0.2, -0.15) is 0 Å². The Kier molecular flexibility index (Phi) is 14.0. The van der Waals surface area contributed by atoms with E-state index in [1.54, 1.807) is 47.3 Å². The van der Waals surface area contributed by atoms with Crippen molar-refractivity contribution in [3.63, 3.8) is 0 Å². The molecule has 2 saturated heterocycles. The smallest absolute Gasteiger partial charge is 0.232 e. The Hall–Kier alpha value is -5.37. The molecule has 5 rings (SSSR count). The maximum atomic E-state index is 13.2. The lowest BCUT2D eigenvalue weighted by atomic mass is 10.1. The first-order valence-electron chi connectivity index (χ1n) is 17.4. The van der Waals surface area contributed by atoms with Crippen molar-refractivity contribution in [3.8, 4) is 5.88 Å². The summed E-state index contributed by atoms with van der Waals surface area (Å²) in [6, 6.07) is 14.9. The van der Waals surface area contributed by atoms with E-state index >= 15 is 0 Å². The van der Waals surface area contributed by atoms with Gasteiger partial charge in [0.05, 0.1) is 23.4 Å². The van der Waals surface area contributed by atoms with Crippen LogP contribution >= 0.6 is 0 Å². The summed E-state index contributed by atoms with van der Waals surface area (Å²) in [5, 5.41) is 8.61. The van der Waals surface area contributed by atoms with Gasteiger partial charge in [-0.1, -0.05) is 6.92 Å². The fourth-order valence-electron chi connectivity index (χ4n) is 5.88. The average molecular weight is 698 g/mol. The standard InChI is InChI=1S/C23H32N6O2.C14H19N5O/c1-5-28-12-11-17(14-28)23(30)29(6-2)19-9-8-18(24)22(27-19)21(25)16-7-10-20(26-13-16)31-15(3)4;1-16-10-17-14(15)12-2-4-13(5-3-12)19-8-6-18(11-20)7-9-19/h7-10,13,15,17,25H,5-6,11-12,14,24H2,1-4H3;2-5,10-11H,6-9H2,1H3,(H2,15,16,17). The molecule has 4 heterocycles. The zero-order chi connectivity index (χ0) is 36.9. The molecule has 0 aliphatic carbocycles. The van der Waals surface area contributed by atoms with Gasteiger partial charge in [0.1, 0.15) is 23.7 Å². The summed E-state index contributed by atoms with van der Waals surface area (Å²) in [6.45, 7) is 14.3. The number of amidine groups is 1. The van der Waals surface area contributed by atoms with Crippen molar-refractivity contribution in [2.24, 2.45) is 21.6 Å². The molecule has 2 amide bonds. The summed E-state index contributed by atoms with van der Waals surface area (Å²) < 4.78 is 5.56. The first kappa shape index (κ1) is 38.4. The molecule has 0 bridgehead atoms. The van der Waals surface area contributed by atoms with Gasteiger partial charge in [0.25, 0.3) is 0 Å². The number of hydrogen-bond acceptors (Lipinski definition) is 10. The number of likely N-dealkylation sites (tertiary alicyclic amines) is 1. The van der Waals surface area contributed by atoms with Gasteiger partial charge < -0.3 is 30.9 Å². The minimum absolute atomic E-state index is 0.0219. The van der Waals surface area contributed by atoms with Crippen LogP contribution in [0.2, 0.25) is 0 Å². The van der Waals surface area contributed by atoms with Crippen LogP contribution in [0.3, 0.4) is 0 Å². The van der Waals surface area contributed by atoms with E-state index in [-0.39, 0.29) is 23.6 Å². The average Bonchev–Trinajstić information content (AvgIpc) is 3.65. The molecule has 2 aromatic heterocycles. The summed E-state index contributed by atoms with van der Waals surface area (Å²) in [4.78, 5) is 48.5. The zero-order valence-corrected chi connectivity index (χ0v) is 30.3. The van der Waals surface area contributed by atoms with Crippen molar-refractivity contribution < 1.29 is 14.3 Å². The third-order valence-corrected chi connectivity index (χ3v) is 8.76. The number of carbonyl (C=O) groups is 2. The number of nitrogens with zero attached hydrogens (tertiary/aromatic N) is 8. The molecule has 14 nitrogen and oxygen atoms in total. The molecule has 51 heavy (non-hydrogen) atoms. The Labute approximate surface area is 300 Å². The van der Waals surface area contributed by atoms with E-state index in [4.69, 9.17) is 21.6 Å². The van der Waals surface area contributed by atoms with Gasteiger partial charge in [0.2, 0.25) is 18.2 Å². The molecule has 1 unspecified atom stereocenters. The van der Waals surface area contributed by atoms with Gasteiger partial charge in [-0.15, -0.1) is 0 Å². The quantitative estimate of drug-likeness (QED) is 0.145. The number of anilines is 3. The molecule has 14 heteroatoms. The first-order chi connectivity index (χ1) is 24.6. The van der Waals surface area contributed by atoms with E-state index in [2.05, 4.69) is 36.7 Å². The summed E-state index contributed by atoms with van der Waals surface area (Å²) in [5.74, 6) is 1.52. The molecule has 1 atom stereocenters. The van der Waals surface area contributed by atoms with Crippen molar-refractivity contribution >= 4 is 47.4 Å². The molecule has 0 saturated carbocycles. The Morgan fingerprint density at radius 2 is 1.76 bits per heavy atom. The number of pyridine rings is 2. The predicted octanol–water partition coefficient (Wildman–Crippen LogP) is 3.29. The topological polar surface area (TPSA) is 183 Å². The highest BCUT2D eigenvalue weighted by atomic mass is 16.5. The highest BCUT2D eigenvalue weighted by Gasteiger charge is 2.31. The SMILES string of the molecule is CCN1CCC(C(=O)N(CC)c2ccc(N)c(C(=N)c3ccc(OC(C)C)nc3)n2)C1.CN=CN=C(N)c1ccc(N2CCN(C=O)CC2)cc1. The molecule has 2 fully saturated rings. The third kappa shape index (κ3) is 10.3. The predicted molar refractivity (Wildman–Crippen MR) is 204 cm³/mol. The largest absolute Gasteiger partial charge is 0.475 e. The number of nitrogens with two attached hydrogens (primary N) is 2. The lowest BCUT2D eigenvalue weighted by Gasteiger charge is -2.34. The molecule has 5 N–H and O–H groups in total. The van der Waals surface area contributed by atoms with Crippen molar-refractivity contribution in [1.82, 2.24) is 19.8 Å². The Morgan fingerprint density at radius 1 is 1.06 bits per heavy atom. The second kappa shape index (κ2) is 18.6. The Morgan fingerprint density at radius 3 is 2.33 bits per heavy atom. The number of hydrogen-bond donors (Lipinski definition) is 3. The van der Waals surface area contributed by atoms with Crippen molar-refractivity contribution in [2.75, 3.05) is 74.9 Å². The van der Waals surface area contributed by atoms with Gasteiger partial charge in [0, 0.05) is 75.4 Å². The number of amides is 2. The van der Waals surface area contributed by atoms with Crippen molar-refractivity contribution in [1.29, 1.82) is 5.41 Å². The van der Waals surface area contributed by atoms with Crippen LogP contribution in [0.15, 0.2) is 64.7 Å². The van der Waals surface area contributed by atoms with Gasteiger partial charge in [-0.05, 0) is 82.7 Å². The van der Waals surface area contributed by atoms with Crippen LogP contribution in [0.25, 0.3) is 0 Å². The first-order valence-corrected chi connectivity index (χ1v) is 17.4. The monoisotopic (exact) mass is 697 g/mol. The lowest BCUT2D eigenvalue weighted by molar-refractivity contribution is -0.122. The number of rotatable bonds is 12. The number of benzene rings is 1. The number of piperazine rings is 1. The number of aromatic nitrogens is 2. The van der Waals surface area contributed by atoms with Crippen molar-refractivity contribution in [2.45, 2.75) is 40.2 Å². The second-order valence-corrected chi connectivity index (χ2v) is 12.6. The van der Waals surface area contributed by atoms with E-state index in [9.17, 15) is 9.59 Å². The fourth-order valence-corrected chi connectivity index (χ4v) is 5.88. The van der Waals surface area contributed by atoms with Crippen LogP contribution in [0.4, 0.5) is 17.2 Å². The number of ether oxygens (including phenoxy) is 1. The van der Waals surface area contributed by atoms with E-state index in [0.717, 1.165) is 69.9 Å². The Balaban J connectivity index is 0.000000251. The number of aliphatic imine (C=N–C) groups is 2. The summed E-state index contributed by atoms with van der Waals surface area (Å²) in [5.41, 5.74) is 15.5. The van der Waals surface area contributed by atoms with Gasteiger partial charge in [-0.3, -0.25) is 24.9 Å². The molecule has 0 radical (unpaired) electrons. The zero-order valence-electron chi connectivity index (χ0n) is 30.3. The van der Waals surface area contributed by atoms with Gasteiger partial charge >= 0.3 is 0 Å². The molecule has 0 spiro atoms. The third-order valence-electron chi connectivity index (χ3n) is 8.76. The number of carbonyl (C=O) groups excluding carboxylic acids is 2. The molecular weight excluding hydrogens is 646 g/mol.